The summed E-state index contributed by atoms with van der Waals surface area (Å²) in [5.74, 6) is 1.08. The lowest BCUT2D eigenvalue weighted by Crippen LogP contribution is -2.23. The number of hydrogen-bond donors (Lipinski definition) is 1. The number of aromatic nitrogens is 3. The molecule has 1 N–H and O–H groups in total. The number of hydrogen-bond acceptors (Lipinski definition) is 5. The largest absolute Gasteiger partial charge is 0.490 e. The lowest BCUT2D eigenvalue weighted by atomic mass is 10.1. The third-order valence-electron chi connectivity index (χ3n) is 5.21. The predicted molar refractivity (Wildman–Crippen MR) is 120 cm³/mol. The Morgan fingerprint density at radius 1 is 0.969 bits per heavy atom. The molecular weight excluding hydrogens is 404 g/mol. The third-order valence-corrected chi connectivity index (χ3v) is 5.21. The van der Waals surface area contributed by atoms with Crippen LogP contribution in [0.3, 0.4) is 0 Å². The van der Waals surface area contributed by atoms with Gasteiger partial charge in [0.25, 0.3) is 5.91 Å². The SMILES string of the molecule is O=C(NCc1cn(-c2ccccc2)nc1-c1ccncc1)c1ccc2c(c1)OCCCO2. The van der Waals surface area contributed by atoms with Crippen molar-refractivity contribution < 1.29 is 14.3 Å². The second-order valence-electron chi connectivity index (χ2n) is 7.41. The van der Waals surface area contributed by atoms with Crippen molar-refractivity contribution in [2.24, 2.45) is 0 Å². The van der Waals surface area contributed by atoms with Gasteiger partial charge in [0.1, 0.15) is 0 Å². The predicted octanol–water partition coefficient (Wildman–Crippen LogP) is 4.03. The van der Waals surface area contributed by atoms with Gasteiger partial charge in [0, 0.05) is 48.2 Å². The molecule has 7 heteroatoms. The molecule has 1 aliphatic rings. The summed E-state index contributed by atoms with van der Waals surface area (Å²) in [6.45, 7) is 1.52. The van der Waals surface area contributed by atoms with E-state index in [0.29, 0.717) is 36.8 Å². The first-order valence-corrected chi connectivity index (χ1v) is 10.5. The van der Waals surface area contributed by atoms with Gasteiger partial charge in [0.05, 0.1) is 24.6 Å². The molecule has 0 atom stereocenters. The Bertz CT molecular complexity index is 1220. The van der Waals surface area contributed by atoms with E-state index in [1.54, 1.807) is 30.6 Å². The number of carbonyl (C=O) groups excluding carboxylic acids is 1. The van der Waals surface area contributed by atoms with E-state index in [1.807, 2.05) is 53.3 Å². The molecule has 5 rings (SSSR count). The zero-order valence-corrected chi connectivity index (χ0v) is 17.4. The van der Waals surface area contributed by atoms with Crippen molar-refractivity contribution in [1.82, 2.24) is 20.1 Å². The minimum absolute atomic E-state index is 0.186. The summed E-state index contributed by atoms with van der Waals surface area (Å²) >= 11 is 0. The number of fused-ring (bicyclic) bond motifs is 1. The Kier molecular flexibility index (Phi) is 5.53. The second kappa shape index (κ2) is 8.93. The first-order valence-electron chi connectivity index (χ1n) is 10.5. The van der Waals surface area contributed by atoms with Crippen LogP contribution < -0.4 is 14.8 Å². The van der Waals surface area contributed by atoms with Gasteiger partial charge in [-0.2, -0.15) is 5.10 Å². The average Bonchev–Trinajstić information content (AvgIpc) is 3.14. The van der Waals surface area contributed by atoms with Crippen LogP contribution in [-0.4, -0.2) is 33.9 Å². The van der Waals surface area contributed by atoms with Crippen LogP contribution >= 0.6 is 0 Å². The molecule has 7 nitrogen and oxygen atoms in total. The van der Waals surface area contributed by atoms with Gasteiger partial charge in [-0.1, -0.05) is 18.2 Å². The van der Waals surface area contributed by atoms with E-state index in [9.17, 15) is 4.79 Å². The molecule has 160 valence electrons. The third kappa shape index (κ3) is 4.18. The Labute approximate surface area is 185 Å². The molecule has 0 aliphatic carbocycles. The summed E-state index contributed by atoms with van der Waals surface area (Å²) in [6, 6.07) is 19.0. The van der Waals surface area contributed by atoms with Gasteiger partial charge < -0.3 is 14.8 Å². The topological polar surface area (TPSA) is 78.3 Å². The summed E-state index contributed by atoms with van der Waals surface area (Å²) in [5.41, 5.74) is 4.12. The highest BCUT2D eigenvalue weighted by atomic mass is 16.5. The molecule has 0 unspecified atom stereocenters. The van der Waals surface area contributed by atoms with Crippen LogP contribution in [0.5, 0.6) is 11.5 Å². The number of nitrogens with one attached hydrogen (secondary N) is 1. The maximum atomic E-state index is 12.9. The van der Waals surface area contributed by atoms with Crippen LogP contribution in [0.25, 0.3) is 16.9 Å². The summed E-state index contributed by atoms with van der Waals surface area (Å²) < 4.78 is 13.2. The second-order valence-corrected chi connectivity index (χ2v) is 7.41. The van der Waals surface area contributed by atoms with Crippen molar-refractivity contribution in [3.8, 4) is 28.4 Å². The van der Waals surface area contributed by atoms with Gasteiger partial charge in [0.2, 0.25) is 0 Å². The van der Waals surface area contributed by atoms with Crippen LogP contribution in [0.4, 0.5) is 0 Å². The van der Waals surface area contributed by atoms with E-state index in [0.717, 1.165) is 28.9 Å². The Hall–Kier alpha value is -4.13. The molecule has 32 heavy (non-hydrogen) atoms. The van der Waals surface area contributed by atoms with Gasteiger partial charge >= 0.3 is 0 Å². The Balaban J connectivity index is 1.39. The number of amides is 1. The summed E-state index contributed by atoms with van der Waals surface area (Å²) in [6.07, 6.45) is 6.23. The first kappa shape index (κ1) is 19.8. The molecule has 0 saturated carbocycles. The van der Waals surface area contributed by atoms with Crippen molar-refractivity contribution in [3.05, 3.63) is 90.4 Å². The van der Waals surface area contributed by atoms with E-state index in [2.05, 4.69) is 10.3 Å². The van der Waals surface area contributed by atoms with Crippen LogP contribution in [-0.2, 0) is 6.54 Å². The van der Waals surface area contributed by atoms with Gasteiger partial charge in [-0.3, -0.25) is 9.78 Å². The summed E-state index contributed by atoms with van der Waals surface area (Å²) in [4.78, 5) is 17.0. The number of carbonyl (C=O) groups is 1. The fourth-order valence-electron chi connectivity index (χ4n) is 3.59. The molecule has 0 bridgehead atoms. The number of rotatable bonds is 5. The number of para-hydroxylation sites is 1. The molecule has 1 amide bonds. The smallest absolute Gasteiger partial charge is 0.251 e. The van der Waals surface area contributed by atoms with Crippen molar-refractivity contribution >= 4 is 5.91 Å². The fourth-order valence-corrected chi connectivity index (χ4v) is 3.59. The number of pyridine rings is 1. The lowest BCUT2D eigenvalue weighted by molar-refractivity contribution is 0.0950. The molecule has 3 heterocycles. The number of ether oxygens (including phenoxy) is 2. The van der Waals surface area contributed by atoms with E-state index >= 15 is 0 Å². The van der Waals surface area contributed by atoms with Crippen LogP contribution in [0.15, 0.2) is 79.3 Å². The monoisotopic (exact) mass is 426 g/mol. The zero-order valence-electron chi connectivity index (χ0n) is 17.4. The molecular formula is C25H22N4O3. The van der Waals surface area contributed by atoms with Crippen molar-refractivity contribution in [3.63, 3.8) is 0 Å². The van der Waals surface area contributed by atoms with Crippen molar-refractivity contribution in [2.75, 3.05) is 13.2 Å². The molecule has 2 aromatic carbocycles. The molecule has 1 aliphatic heterocycles. The minimum atomic E-state index is -0.186. The van der Waals surface area contributed by atoms with Crippen LogP contribution in [0.2, 0.25) is 0 Å². The fraction of sp³-hybridized carbons (Fsp3) is 0.160. The molecule has 0 fully saturated rings. The molecule has 0 radical (unpaired) electrons. The number of nitrogens with zero attached hydrogens (tertiary/aromatic N) is 3. The lowest BCUT2D eigenvalue weighted by Gasteiger charge is -2.10. The summed E-state index contributed by atoms with van der Waals surface area (Å²) in [7, 11) is 0. The van der Waals surface area contributed by atoms with E-state index in [-0.39, 0.29) is 5.91 Å². The minimum Gasteiger partial charge on any atom is -0.490 e. The van der Waals surface area contributed by atoms with Gasteiger partial charge in [-0.05, 0) is 42.5 Å². The van der Waals surface area contributed by atoms with Crippen LogP contribution in [0.1, 0.15) is 22.3 Å². The van der Waals surface area contributed by atoms with Gasteiger partial charge in [-0.25, -0.2) is 4.68 Å². The van der Waals surface area contributed by atoms with Crippen molar-refractivity contribution in [2.45, 2.75) is 13.0 Å². The maximum Gasteiger partial charge on any atom is 0.251 e. The molecule has 0 spiro atoms. The Morgan fingerprint density at radius 3 is 2.56 bits per heavy atom. The van der Waals surface area contributed by atoms with Gasteiger partial charge in [0.15, 0.2) is 11.5 Å². The quantitative estimate of drug-likeness (QED) is 0.521. The van der Waals surface area contributed by atoms with Gasteiger partial charge in [-0.15, -0.1) is 0 Å². The van der Waals surface area contributed by atoms with E-state index in [1.165, 1.54) is 0 Å². The maximum absolute atomic E-state index is 12.9. The van der Waals surface area contributed by atoms with E-state index in [4.69, 9.17) is 14.6 Å². The highest BCUT2D eigenvalue weighted by molar-refractivity contribution is 5.95. The van der Waals surface area contributed by atoms with Crippen LogP contribution in [0, 0.1) is 0 Å². The molecule has 2 aromatic heterocycles. The van der Waals surface area contributed by atoms with E-state index < -0.39 is 0 Å². The molecule has 0 saturated heterocycles. The summed E-state index contributed by atoms with van der Waals surface area (Å²) in [5, 5.41) is 7.78. The van der Waals surface area contributed by atoms with Crippen molar-refractivity contribution in [1.29, 1.82) is 0 Å². The first-order chi connectivity index (χ1) is 15.8. The number of benzene rings is 2. The average molecular weight is 426 g/mol. The molecule has 4 aromatic rings. The zero-order chi connectivity index (χ0) is 21.8. The standard InChI is InChI=1S/C25H22N4O3/c30-25(19-7-8-22-23(15-19)32-14-4-13-31-22)27-16-20-17-29(21-5-2-1-3-6-21)28-24(20)18-9-11-26-12-10-18/h1-3,5-12,15,17H,4,13-14,16H2,(H,27,30). The normalized spacial score (nSPS) is 12.8. The highest BCUT2D eigenvalue weighted by Crippen LogP contribution is 2.30. The Morgan fingerprint density at radius 2 is 1.75 bits per heavy atom. The highest BCUT2D eigenvalue weighted by Gasteiger charge is 2.16.